The van der Waals surface area contributed by atoms with E-state index in [9.17, 15) is 9.90 Å². The molecule has 3 rings (SSSR count). The second kappa shape index (κ2) is 5.80. The molecule has 0 saturated carbocycles. The van der Waals surface area contributed by atoms with E-state index in [1.165, 1.54) is 4.90 Å². The third-order valence-electron chi connectivity index (χ3n) is 3.41. The summed E-state index contributed by atoms with van der Waals surface area (Å²) in [4.78, 5) is 20.6. The van der Waals surface area contributed by atoms with Gasteiger partial charge in [-0.15, -0.1) is 0 Å². The summed E-state index contributed by atoms with van der Waals surface area (Å²) in [5, 5.41) is 22.1. The summed E-state index contributed by atoms with van der Waals surface area (Å²) in [7, 11) is 0. The van der Waals surface area contributed by atoms with Gasteiger partial charge in [-0.05, 0) is 24.3 Å². The molecule has 7 nitrogen and oxygen atoms in total. The minimum Gasteiger partial charge on any atom is -0.493 e. The quantitative estimate of drug-likeness (QED) is 0.757. The number of anilines is 2. The predicted molar refractivity (Wildman–Crippen MR) is 83.3 cm³/mol. The van der Waals surface area contributed by atoms with Gasteiger partial charge in [-0.1, -0.05) is 15.9 Å². The van der Waals surface area contributed by atoms with Gasteiger partial charge >= 0.3 is 6.09 Å². The summed E-state index contributed by atoms with van der Waals surface area (Å²) in [5.74, 6) is 0.109. The van der Waals surface area contributed by atoms with Crippen molar-refractivity contribution in [1.29, 1.82) is 0 Å². The smallest absolute Gasteiger partial charge is 0.407 e. The fraction of sp³-hybridized carbons (Fsp3) is 0.214. The predicted octanol–water partition coefficient (Wildman–Crippen LogP) is 2.72. The van der Waals surface area contributed by atoms with Crippen LogP contribution < -0.4 is 5.32 Å². The third kappa shape index (κ3) is 2.96. The van der Waals surface area contributed by atoms with Gasteiger partial charge in [-0.25, -0.2) is 9.78 Å². The molecule has 0 saturated heterocycles. The lowest BCUT2D eigenvalue weighted by molar-refractivity contribution is 0.139. The van der Waals surface area contributed by atoms with Crippen LogP contribution in [-0.2, 0) is 13.0 Å². The number of benzene rings is 1. The topological polar surface area (TPSA) is 98.6 Å². The first-order valence-electron chi connectivity index (χ1n) is 6.62. The maximum Gasteiger partial charge on any atom is 0.407 e. The first-order chi connectivity index (χ1) is 10.5. The molecule has 1 aliphatic heterocycles. The number of hydrogen-bond acceptors (Lipinski definition) is 5. The van der Waals surface area contributed by atoms with E-state index >= 15 is 0 Å². The van der Waals surface area contributed by atoms with Gasteiger partial charge in [0, 0.05) is 23.1 Å². The van der Waals surface area contributed by atoms with Crippen LogP contribution in [0.2, 0.25) is 0 Å². The number of aromatic hydroxyl groups is 1. The minimum atomic E-state index is -1.01. The zero-order valence-corrected chi connectivity index (χ0v) is 13.0. The van der Waals surface area contributed by atoms with Crippen LogP contribution in [0.1, 0.15) is 11.3 Å². The van der Waals surface area contributed by atoms with Crippen LogP contribution in [0.5, 0.6) is 5.88 Å². The Morgan fingerprint density at radius 2 is 2.00 bits per heavy atom. The van der Waals surface area contributed by atoms with Crippen LogP contribution in [0.25, 0.3) is 0 Å². The van der Waals surface area contributed by atoms with E-state index in [4.69, 9.17) is 5.11 Å². The average Bonchev–Trinajstić information content (AvgIpc) is 2.49. The molecular formula is C14H13BrN4O3. The number of nitrogens with one attached hydrogen (secondary N) is 1. The van der Waals surface area contributed by atoms with Crippen LogP contribution in [0, 0.1) is 0 Å². The Kier molecular flexibility index (Phi) is 3.84. The number of nitrogens with zero attached hydrogens (tertiary/aromatic N) is 3. The molecule has 0 aliphatic carbocycles. The van der Waals surface area contributed by atoms with E-state index in [1.54, 1.807) is 0 Å². The molecule has 1 aliphatic rings. The van der Waals surface area contributed by atoms with Crippen molar-refractivity contribution in [2.45, 2.75) is 13.0 Å². The number of halogens is 1. The standard InChI is InChI=1S/C14H13BrN4O3/c15-8-1-3-9(4-2-8)16-13-17-11-5-6-19(14(21)22)7-10(11)12(20)18-13/h1-4H,5-7H2,(H,21,22)(H2,16,17,18,20). The molecule has 114 valence electrons. The van der Waals surface area contributed by atoms with Crippen LogP contribution in [-0.4, -0.2) is 37.7 Å². The lowest BCUT2D eigenvalue weighted by Crippen LogP contribution is -2.35. The summed E-state index contributed by atoms with van der Waals surface area (Å²) in [6.07, 6.45) is -0.561. The normalized spacial score (nSPS) is 13.6. The van der Waals surface area contributed by atoms with Crippen LogP contribution in [0.4, 0.5) is 16.4 Å². The molecule has 0 fully saturated rings. The largest absolute Gasteiger partial charge is 0.493 e. The molecule has 0 radical (unpaired) electrons. The average molecular weight is 365 g/mol. The maximum atomic E-state index is 11.0. The minimum absolute atomic E-state index is 0.106. The third-order valence-corrected chi connectivity index (χ3v) is 3.94. The number of rotatable bonds is 2. The van der Waals surface area contributed by atoms with E-state index < -0.39 is 6.09 Å². The molecule has 1 aromatic heterocycles. The van der Waals surface area contributed by atoms with Gasteiger partial charge in [0.15, 0.2) is 0 Å². The van der Waals surface area contributed by atoms with Crippen LogP contribution >= 0.6 is 15.9 Å². The first-order valence-corrected chi connectivity index (χ1v) is 7.41. The summed E-state index contributed by atoms with van der Waals surface area (Å²) in [6.45, 7) is 0.464. The molecule has 3 N–H and O–H groups in total. The van der Waals surface area contributed by atoms with E-state index in [1.807, 2.05) is 24.3 Å². The Morgan fingerprint density at radius 1 is 1.27 bits per heavy atom. The Balaban J connectivity index is 1.85. The highest BCUT2D eigenvalue weighted by molar-refractivity contribution is 9.10. The van der Waals surface area contributed by atoms with Gasteiger partial charge in [0.05, 0.1) is 17.8 Å². The van der Waals surface area contributed by atoms with Crippen molar-refractivity contribution in [3.8, 4) is 5.88 Å². The molecule has 2 aromatic rings. The lowest BCUT2D eigenvalue weighted by Gasteiger charge is -2.26. The van der Waals surface area contributed by atoms with Crippen molar-refractivity contribution in [2.24, 2.45) is 0 Å². The number of hydrogen-bond donors (Lipinski definition) is 3. The molecule has 0 spiro atoms. The van der Waals surface area contributed by atoms with Crippen molar-refractivity contribution >= 4 is 33.7 Å². The highest BCUT2D eigenvalue weighted by Crippen LogP contribution is 2.27. The van der Waals surface area contributed by atoms with Gasteiger partial charge in [0.25, 0.3) is 0 Å². The Hall–Kier alpha value is -2.35. The van der Waals surface area contributed by atoms with Crippen molar-refractivity contribution in [3.05, 3.63) is 40.0 Å². The number of carboxylic acid groups (broad SMARTS) is 1. The first kappa shape index (κ1) is 14.6. The second-order valence-corrected chi connectivity index (χ2v) is 5.80. The molecule has 2 heterocycles. The van der Waals surface area contributed by atoms with Gasteiger partial charge in [0.1, 0.15) is 0 Å². The Morgan fingerprint density at radius 3 is 2.68 bits per heavy atom. The fourth-order valence-corrected chi connectivity index (χ4v) is 2.54. The number of aromatic nitrogens is 2. The maximum absolute atomic E-state index is 11.0. The van der Waals surface area contributed by atoms with Crippen LogP contribution in [0.3, 0.4) is 0 Å². The summed E-state index contributed by atoms with van der Waals surface area (Å²) in [6, 6.07) is 7.48. The zero-order chi connectivity index (χ0) is 15.7. The summed E-state index contributed by atoms with van der Waals surface area (Å²) < 4.78 is 0.959. The highest BCUT2D eigenvalue weighted by Gasteiger charge is 2.25. The second-order valence-electron chi connectivity index (χ2n) is 4.88. The lowest BCUT2D eigenvalue weighted by atomic mass is 10.1. The summed E-state index contributed by atoms with van der Waals surface area (Å²) >= 11 is 3.36. The number of amides is 1. The van der Waals surface area contributed by atoms with Crippen LogP contribution in [0.15, 0.2) is 28.7 Å². The monoisotopic (exact) mass is 364 g/mol. The van der Waals surface area contributed by atoms with E-state index in [0.717, 1.165) is 10.2 Å². The SMILES string of the molecule is O=C(O)N1CCc2nc(Nc3ccc(Br)cc3)nc(O)c2C1. The van der Waals surface area contributed by atoms with E-state index in [0.29, 0.717) is 30.2 Å². The Labute approximate surface area is 134 Å². The number of carbonyl (C=O) groups is 1. The zero-order valence-electron chi connectivity index (χ0n) is 11.5. The van der Waals surface area contributed by atoms with Crippen molar-refractivity contribution in [2.75, 3.05) is 11.9 Å². The van der Waals surface area contributed by atoms with Crippen molar-refractivity contribution in [3.63, 3.8) is 0 Å². The van der Waals surface area contributed by atoms with Gasteiger partial charge in [-0.2, -0.15) is 4.98 Å². The molecule has 22 heavy (non-hydrogen) atoms. The van der Waals surface area contributed by atoms with Gasteiger partial charge in [0.2, 0.25) is 11.8 Å². The molecule has 0 unspecified atom stereocenters. The molecular weight excluding hydrogens is 352 g/mol. The van der Waals surface area contributed by atoms with Crippen molar-refractivity contribution in [1.82, 2.24) is 14.9 Å². The van der Waals surface area contributed by atoms with E-state index in [2.05, 4.69) is 31.2 Å². The summed E-state index contributed by atoms with van der Waals surface area (Å²) in [5.41, 5.74) is 1.94. The Bertz CT molecular complexity index is 721. The molecule has 8 heteroatoms. The van der Waals surface area contributed by atoms with E-state index in [-0.39, 0.29) is 12.4 Å². The highest BCUT2D eigenvalue weighted by atomic mass is 79.9. The van der Waals surface area contributed by atoms with Crippen molar-refractivity contribution < 1.29 is 15.0 Å². The molecule has 0 atom stereocenters. The molecule has 0 bridgehead atoms. The van der Waals surface area contributed by atoms with Gasteiger partial charge < -0.3 is 20.4 Å². The fourth-order valence-electron chi connectivity index (χ4n) is 2.28. The molecule has 1 aromatic carbocycles. The van der Waals surface area contributed by atoms with Gasteiger partial charge in [-0.3, -0.25) is 0 Å². The molecule has 1 amide bonds. The number of fused-ring (bicyclic) bond motifs is 1.